The topological polar surface area (TPSA) is 26.3 Å². The third-order valence-electron chi connectivity index (χ3n) is 7.19. The van der Waals surface area contributed by atoms with Gasteiger partial charge in [-0.3, -0.25) is 4.79 Å². The molecule has 1 aromatic rings. The van der Waals surface area contributed by atoms with E-state index >= 15 is 0 Å². The summed E-state index contributed by atoms with van der Waals surface area (Å²) in [5, 5.41) is 0. The van der Waals surface area contributed by atoms with Gasteiger partial charge in [0.1, 0.15) is 11.5 Å². The van der Waals surface area contributed by atoms with Gasteiger partial charge in [0.05, 0.1) is 7.11 Å². The van der Waals surface area contributed by atoms with E-state index in [-0.39, 0.29) is 10.8 Å². The average Bonchev–Trinajstić information content (AvgIpc) is 2.73. The van der Waals surface area contributed by atoms with E-state index in [1.54, 1.807) is 7.11 Å². The van der Waals surface area contributed by atoms with Crippen LogP contribution >= 0.6 is 0 Å². The zero-order valence-electron chi connectivity index (χ0n) is 14.8. The van der Waals surface area contributed by atoms with Gasteiger partial charge < -0.3 is 4.74 Å². The van der Waals surface area contributed by atoms with Crippen molar-refractivity contribution < 1.29 is 9.53 Å². The molecule has 124 valence electrons. The second-order valence-corrected chi connectivity index (χ2v) is 8.85. The first kappa shape index (κ1) is 15.2. The molecule has 4 atom stereocenters. The van der Waals surface area contributed by atoms with Crippen molar-refractivity contribution in [2.24, 2.45) is 22.7 Å². The van der Waals surface area contributed by atoms with Crippen LogP contribution in [0.2, 0.25) is 0 Å². The fourth-order valence-corrected chi connectivity index (χ4v) is 6.08. The number of rotatable bonds is 1. The molecule has 2 saturated carbocycles. The van der Waals surface area contributed by atoms with Crippen LogP contribution in [0.5, 0.6) is 5.75 Å². The molecule has 0 aliphatic heterocycles. The van der Waals surface area contributed by atoms with Gasteiger partial charge in [-0.1, -0.05) is 26.8 Å². The summed E-state index contributed by atoms with van der Waals surface area (Å²) >= 11 is 0. The van der Waals surface area contributed by atoms with E-state index in [2.05, 4.69) is 39.0 Å². The van der Waals surface area contributed by atoms with Crippen LogP contribution in [0.25, 0.3) is 0 Å². The molecule has 23 heavy (non-hydrogen) atoms. The minimum Gasteiger partial charge on any atom is -0.497 e. The number of ketones is 1. The van der Waals surface area contributed by atoms with Crippen LogP contribution < -0.4 is 4.74 Å². The van der Waals surface area contributed by atoms with Crippen LogP contribution in [0, 0.1) is 22.7 Å². The summed E-state index contributed by atoms with van der Waals surface area (Å²) in [7, 11) is 1.74. The molecule has 0 bridgehead atoms. The summed E-state index contributed by atoms with van der Waals surface area (Å²) in [5.74, 6) is 3.39. The van der Waals surface area contributed by atoms with Crippen LogP contribution in [0.4, 0.5) is 0 Å². The van der Waals surface area contributed by atoms with E-state index in [9.17, 15) is 4.79 Å². The van der Waals surface area contributed by atoms with Gasteiger partial charge >= 0.3 is 0 Å². The molecular weight excluding hydrogens is 284 g/mol. The van der Waals surface area contributed by atoms with Gasteiger partial charge in [-0.2, -0.15) is 0 Å². The SMILES string of the molecule is COc1ccc2c(c1)CC[C@@H]1[C@H]3CC(C)(C)C(=O)[C@@]3(C)CC[C@@H]21. The lowest BCUT2D eigenvalue weighted by atomic mass is 9.55. The third kappa shape index (κ3) is 2.03. The van der Waals surface area contributed by atoms with E-state index in [0.29, 0.717) is 23.5 Å². The molecule has 0 spiro atoms. The molecular formula is C21H28O2. The molecule has 4 rings (SSSR count). The van der Waals surface area contributed by atoms with Crippen molar-refractivity contribution in [1.82, 2.24) is 0 Å². The van der Waals surface area contributed by atoms with Gasteiger partial charge in [0.25, 0.3) is 0 Å². The van der Waals surface area contributed by atoms with Crippen molar-refractivity contribution in [1.29, 1.82) is 0 Å². The van der Waals surface area contributed by atoms with Gasteiger partial charge in [-0.05, 0) is 73.1 Å². The van der Waals surface area contributed by atoms with Crippen LogP contribution in [0.1, 0.15) is 63.5 Å². The molecule has 1 aromatic carbocycles. The lowest BCUT2D eigenvalue weighted by Gasteiger charge is -2.48. The Balaban J connectivity index is 1.71. The molecule has 2 heteroatoms. The van der Waals surface area contributed by atoms with E-state index < -0.39 is 0 Å². The van der Waals surface area contributed by atoms with Crippen LogP contribution in [0.15, 0.2) is 18.2 Å². The van der Waals surface area contributed by atoms with Gasteiger partial charge in [-0.15, -0.1) is 0 Å². The summed E-state index contributed by atoms with van der Waals surface area (Å²) < 4.78 is 5.40. The van der Waals surface area contributed by atoms with E-state index in [0.717, 1.165) is 25.0 Å². The normalized spacial score (nSPS) is 37.7. The van der Waals surface area contributed by atoms with Crippen molar-refractivity contribution in [2.45, 2.75) is 58.8 Å². The number of benzene rings is 1. The molecule has 0 unspecified atom stereocenters. The van der Waals surface area contributed by atoms with Gasteiger partial charge in [0, 0.05) is 10.8 Å². The Morgan fingerprint density at radius 3 is 2.70 bits per heavy atom. The summed E-state index contributed by atoms with van der Waals surface area (Å²) in [6.45, 7) is 6.58. The van der Waals surface area contributed by atoms with Gasteiger partial charge in [-0.25, -0.2) is 0 Å². The second kappa shape index (κ2) is 4.84. The zero-order valence-corrected chi connectivity index (χ0v) is 14.8. The second-order valence-electron chi connectivity index (χ2n) is 8.85. The highest BCUT2D eigenvalue weighted by Gasteiger charge is 2.60. The summed E-state index contributed by atoms with van der Waals surface area (Å²) in [6, 6.07) is 6.62. The molecule has 0 radical (unpaired) electrons. The largest absolute Gasteiger partial charge is 0.497 e. The number of Topliss-reactive ketones (excluding diaryl/α,β-unsaturated/α-hetero) is 1. The van der Waals surface area contributed by atoms with Crippen LogP contribution in [-0.4, -0.2) is 12.9 Å². The summed E-state index contributed by atoms with van der Waals surface area (Å²) in [6.07, 6.45) is 5.67. The third-order valence-corrected chi connectivity index (χ3v) is 7.19. The van der Waals surface area contributed by atoms with Crippen molar-refractivity contribution in [2.75, 3.05) is 7.11 Å². The monoisotopic (exact) mass is 312 g/mol. The maximum absolute atomic E-state index is 13.0. The Labute approximate surface area is 139 Å². The predicted octanol–water partition coefficient (Wildman–Crippen LogP) is 4.76. The van der Waals surface area contributed by atoms with E-state index in [1.165, 1.54) is 24.0 Å². The number of carbonyl (C=O) groups is 1. The van der Waals surface area contributed by atoms with Crippen LogP contribution in [0.3, 0.4) is 0 Å². The standard InChI is InChI=1S/C21H28O2/c1-20(2)12-18-17-7-5-13-11-14(23-4)6-8-15(13)16(17)9-10-21(18,3)19(20)22/h6,8,11,16-18H,5,7,9-10,12H2,1-4H3/t16-,17-,18+,21-/m0/s1. The average molecular weight is 312 g/mol. The number of methoxy groups -OCH3 is 1. The Morgan fingerprint density at radius 2 is 1.96 bits per heavy atom. The number of hydrogen-bond acceptors (Lipinski definition) is 2. The number of hydrogen-bond donors (Lipinski definition) is 0. The van der Waals surface area contributed by atoms with Crippen LogP contribution in [-0.2, 0) is 11.2 Å². The fraction of sp³-hybridized carbons (Fsp3) is 0.667. The molecule has 0 N–H and O–H groups in total. The molecule has 0 amide bonds. The number of fused-ring (bicyclic) bond motifs is 5. The smallest absolute Gasteiger partial charge is 0.144 e. The number of ether oxygens (including phenoxy) is 1. The fourth-order valence-electron chi connectivity index (χ4n) is 6.08. The minimum absolute atomic E-state index is 0.0748. The zero-order chi connectivity index (χ0) is 16.4. The lowest BCUT2D eigenvalue weighted by molar-refractivity contribution is -0.134. The highest BCUT2D eigenvalue weighted by atomic mass is 16.5. The Bertz CT molecular complexity index is 660. The van der Waals surface area contributed by atoms with E-state index in [4.69, 9.17) is 4.74 Å². The molecule has 3 aliphatic carbocycles. The van der Waals surface area contributed by atoms with E-state index in [1.807, 2.05) is 0 Å². The number of aryl methyl sites for hydroxylation is 1. The first-order chi connectivity index (χ1) is 10.9. The highest BCUT2D eigenvalue weighted by molar-refractivity contribution is 5.92. The van der Waals surface area contributed by atoms with Gasteiger partial charge in [0.15, 0.2) is 0 Å². The first-order valence-electron chi connectivity index (χ1n) is 9.08. The molecule has 0 aromatic heterocycles. The summed E-state index contributed by atoms with van der Waals surface area (Å²) in [4.78, 5) is 13.0. The predicted molar refractivity (Wildman–Crippen MR) is 91.8 cm³/mol. The Kier molecular flexibility index (Phi) is 3.21. The number of carbonyl (C=O) groups excluding carboxylic acids is 1. The lowest BCUT2D eigenvalue weighted by Crippen LogP contribution is -2.43. The first-order valence-corrected chi connectivity index (χ1v) is 9.08. The maximum Gasteiger partial charge on any atom is 0.144 e. The summed E-state index contributed by atoms with van der Waals surface area (Å²) in [5.41, 5.74) is 2.79. The highest BCUT2D eigenvalue weighted by Crippen LogP contribution is 2.63. The quantitative estimate of drug-likeness (QED) is 0.747. The van der Waals surface area contributed by atoms with Crippen molar-refractivity contribution in [3.63, 3.8) is 0 Å². The van der Waals surface area contributed by atoms with Gasteiger partial charge in [0.2, 0.25) is 0 Å². The van der Waals surface area contributed by atoms with Crippen molar-refractivity contribution >= 4 is 5.78 Å². The Morgan fingerprint density at radius 1 is 1.17 bits per heavy atom. The molecule has 0 heterocycles. The van der Waals surface area contributed by atoms with Crippen molar-refractivity contribution in [3.8, 4) is 5.75 Å². The molecule has 2 fully saturated rings. The minimum atomic E-state index is -0.130. The maximum atomic E-state index is 13.0. The van der Waals surface area contributed by atoms with Crippen molar-refractivity contribution in [3.05, 3.63) is 29.3 Å². The molecule has 2 nitrogen and oxygen atoms in total. The molecule has 3 aliphatic rings. The molecule has 0 saturated heterocycles. The Hall–Kier alpha value is -1.31.